The molecule has 1 nitrogen and oxygen atoms in total. The van der Waals surface area contributed by atoms with Gasteiger partial charge in [0.25, 0.3) is 5.92 Å². The molecule has 0 atom stereocenters. The van der Waals surface area contributed by atoms with Crippen molar-refractivity contribution in [3.05, 3.63) is 64.9 Å². The van der Waals surface area contributed by atoms with Crippen molar-refractivity contribution in [1.82, 2.24) is 0 Å². The summed E-state index contributed by atoms with van der Waals surface area (Å²) in [6.07, 6.45) is 0. The Balaban J connectivity index is 2.07. The van der Waals surface area contributed by atoms with Crippen LogP contribution in [0.15, 0.2) is 48.5 Å². The summed E-state index contributed by atoms with van der Waals surface area (Å²) in [5, 5.41) is 2.46. The third-order valence-corrected chi connectivity index (χ3v) is 2.94. The molecule has 0 aliphatic carbocycles. The minimum atomic E-state index is -3.03. The third-order valence-electron chi connectivity index (χ3n) is 2.63. The molecule has 1 N–H and O–H groups in total. The van der Waals surface area contributed by atoms with Gasteiger partial charge in [-0.2, -0.15) is 8.78 Å². The molecule has 0 fully saturated rings. The Morgan fingerprint density at radius 2 is 1.74 bits per heavy atom. The lowest BCUT2D eigenvalue weighted by Crippen LogP contribution is -2.24. The molecule has 2 rings (SSSR count). The first-order valence-corrected chi connectivity index (χ1v) is 5.99. The van der Waals surface area contributed by atoms with Gasteiger partial charge < -0.3 is 5.32 Å². The van der Waals surface area contributed by atoms with Crippen molar-refractivity contribution in [3.8, 4) is 0 Å². The number of anilines is 1. The summed E-state index contributed by atoms with van der Waals surface area (Å²) >= 11 is 5.52. The van der Waals surface area contributed by atoms with E-state index in [-0.39, 0.29) is 16.3 Å². The van der Waals surface area contributed by atoms with Gasteiger partial charge in [-0.3, -0.25) is 0 Å². The molecule has 0 aliphatic heterocycles. The van der Waals surface area contributed by atoms with E-state index in [1.54, 1.807) is 18.2 Å². The lowest BCUT2D eigenvalue weighted by Gasteiger charge is -2.18. The molecule has 0 unspecified atom stereocenters. The molecular weight excluding hydrogens is 275 g/mol. The van der Waals surface area contributed by atoms with Gasteiger partial charge in [-0.05, 0) is 18.2 Å². The second-order valence-electron chi connectivity index (χ2n) is 4.05. The van der Waals surface area contributed by atoms with Crippen LogP contribution in [0.4, 0.5) is 18.9 Å². The molecule has 0 aliphatic rings. The Morgan fingerprint density at radius 3 is 2.37 bits per heavy atom. The van der Waals surface area contributed by atoms with E-state index in [0.717, 1.165) is 6.07 Å². The molecule has 0 bridgehead atoms. The van der Waals surface area contributed by atoms with Crippen molar-refractivity contribution in [3.63, 3.8) is 0 Å². The van der Waals surface area contributed by atoms with E-state index in [1.807, 2.05) is 0 Å². The number of hydrogen-bond acceptors (Lipinski definition) is 1. The summed E-state index contributed by atoms with van der Waals surface area (Å²) in [5.41, 5.74) is 0.175. The summed E-state index contributed by atoms with van der Waals surface area (Å²) < 4.78 is 40.8. The maximum Gasteiger partial charge on any atom is 0.290 e. The van der Waals surface area contributed by atoms with Crippen molar-refractivity contribution in [1.29, 1.82) is 0 Å². The van der Waals surface area contributed by atoms with Crippen LogP contribution >= 0.6 is 11.6 Å². The van der Waals surface area contributed by atoms with Crippen LogP contribution in [0.25, 0.3) is 0 Å². The van der Waals surface area contributed by atoms with E-state index in [2.05, 4.69) is 5.32 Å². The molecular formula is C14H11ClF3N. The lowest BCUT2D eigenvalue weighted by atomic mass is 10.1. The van der Waals surface area contributed by atoms with Crippen molar-refractivity contribution in [2.45, 2.75) is 5.92 Å². The van der Waals surface area contributed by atoms with Gasteiger partial charge in [-0.1, -0.05) is 41.9 Å². The fourth-order valence-corrected chi connectivity index (χ4v) is 1.72. The summed E-state index contributed by atoms with van der Waals surface area (Å²) in [5.74, 6) is -3.67. The standard InChI is InChI=1S/C14H11ClF3N/c15-12-7-6-11(8-13(12)16)19-9-14(17,18)10-4-2-1-3-5-10/h1-8,19H,9H2. The van der Waals surface area contributed by atoms with Crippen molar-refractivity contribution < 1.29 is 13.2 Å². The molecule has 0 amide bonds. The monoisotopic (exact) mass is 285 g/mol. The first kappa shape index (κ1) is 13.7. The molecule has 5 heteroatoms. The summed E-state index contributed by atoms with van der Waals surface area (Å²) in [6, 6.07) is 11.3. The maximum absolute atomic E-state index is 13.8. The van der Waals surface area contributed by atoms with Crippen LogP contribution in [-0.2, 0) is 5.92 Å². The number of benzene rings is 2. The van der Waals surface area contributed by atoms with Crippen LogP contribution in [0.2, 0.25) is 5.02 Å². The molecule has 19 heavy (non-hydrogen) atoms. The summed E-state index contributed by atoms with van der Waals surface area (Å²) in [4.78, 5) is 0. The van der Waals surface area contributed by atoms with E-state index in [4.69, 9.17) is 11.6 Å². The van der Waals surface area contributed by atoms with Crippen LogP contribution in [0.3, 0.4) is 0 Å². The number of alkyl halides is 2. The van der Waals surface area contributed by atoms with Gasteiger partial charge in [-0.25, -0.2) is 4.39 Å². The van der Waals surface area contributed by atoms with Gasteiger partial charge in [0.05, 0.1) is 11.6 Å². The maximum atomic E-state index is 13.8. The fraction of sp³-hybridized carbons (Fsp3) is 0.143. The molecule has 0 saturated carbocycles. The quantitative estimate of drug-likeness (QED) is 0.860. The van der Waals surface area contributed by atoms with Gasteiger partial charge in [0.1, 0.15) is 5.82 Å². The SMILES string of the molecule is Fc1cc(NCC(F)(F)c2ccccc2)ccc1Cl. The van der Waals surface area contributed by atoms with Gasteiger partial charge >= 0.3 is 0 Å². The summed E-state index contributed by atoms with van der Waals surface area (Å²) in [6.45, 7) is -0.613. The zero-order chi connectivity index (χ0) is 13.9. The van der Waals surface area contributed by atoms with Crippen LogP contribution in [-0.4, -0.2) is 6.54 Å². The Kier molecular flexibility index (Phi) is 4.00. The Hall–Kier alpha value is -1.68. The molecule has 0 heterocycles. The number of hydrogen-bond donors (Lipinski definition) is 1. The molecule has 0 spiro atoms. The van der Waals surface area contributed by atoms with Crippen LogP contribution < -0.4 is 5.32 Å². The first-order chi connectivity index (χ1) is 8.99. The average molecular weight is 286 g/mol. The van der Waals surface area contributed by atoms with Crippen LogP contribution in [0, 0.1) is 5.82 Å². The highest BCUT2D eigenvalue weighted by Crippen LogP contribution is 2.28. The molecule has 2 aromatic rings. The van der Waals surface area contributed by atoms with Crippen molar-refractivity contribution in [2.75, 3.05) is 11.9 Å². The highest BCUT2D eigenvalue weighted by atomic mass is 35.5. The largest absolute Gasteiger partial charge is 0.379 e. The highest BCUT2D eigenvalue weighted by Gasteiger charge is 2.30. The minimum absolute atomic E-state index is 0.0413. The van der Waals surface area contributed by atoms with E-state index in [0.29, 0.717) is 0 Å². The van der Waals surface area contributed by atoms with Gasteiger partial charge in [-0.15, -0.1) is 0 Å². The first-order valence-electron chi connectivity index (χ1n) is 5.61. The molecule has 2 aromatic carbocycles. The fourth-order valence-electron chi connectivity index (χ4n) is 1.60. The topological polar surface area (TPSA) is 12.0 Å². The van der Waals surface area contributed by atoms with E-state index in [1.165, 1.54) is 24.3 Å². The predicted molar refractivity (Wildman–Crippen MR) is 70.2 cm³/mol. The Bertz CT molecular complexity index is 558. The van der Waals surface area contributed by atoms with Gasteiger partial charge in [0.2, 0.25) is 0 Å². The molecule has 0 saturated heterocycles. The van der Waals surface area contributed by atoms with Gasteiger partial charge in [0, 0.05) is 11.3 Å². The van der Waals surface area contributed by atoms with E-state index >= 15 is 0 Å². The number of rotatable bonds is 4. The molecule has 100 valence electrons. The van der Waals surface area contributed by atoms with E-state index < -0.39 is 18.3 Å². The zero-order valence-electron chi connectivity index (χ0n) is 9.84. The van der Waals surface area contributed by atoms with Crippen LogP contribution in [0.5, 0.6) is 0 Å². The highest BCUT2D eigenvalue weighted by molar-refractivity contribution is 6.30. The second kappa shape index (κ2) is 5.53. The number of halogens is 4. The second-order valence-corrected chi connectivity index (χ2v) is 4.46. The Morgan fingerprint density at radius 1 is 1.05 bits per heavy atom. The third kappa shape index (κ3) is 3.41. The average Bonchev–Trinajstić information content (AvgIpc) is 2.41. The molecule has 0 radical (unpaired) electrons. The van der Waals surface area contributed by atoms with E-state index in [9.17, 15) is 13.2 Å². The molecule has 0 aromatic heterocycles. The summed E-state index contributed by atoms with van der Waals surface area (Å²) in [7, 11) is 0. The number of nitrogens with one attached hydrogen (secondary N) is 1. The van der Waals surface area contributed by atoms with Crippen molar-refractivity contribution >= 4 is 17.3 Å². The normalized spacial score (nSPS) is 11.4. The Labute approximate surface area is 114 Å². The predicted octanol–water partition coefficient (Wildman–Crippen LogP) is 4.68. The smallest absolute Gasteiger partial charge is 0.290 e. The minimum Gasteiger partial charge on any atom is -0.379 e. The van der Waals surface area contributed by atoms with Gasteiger partial charge in [0.15, 0.2) is 0 Å². The van der Waals surface area contributed by atoms with Crippen LogP contribution in [0.1, 0.15) is 5.56 Å². The zero-order valence-corrected chi connectivity index (χ0v) is 10.6. The lowest BCUT2D eigenvalue weighted by molar-refractivity contribution is 0.0106. The van der Waals surface area contributed by atoms with Crippen molar-refractivity contribution in [2.24, 2.45) is 0 Å².